The molecule has 3 rings (SSSR count). The van der Waals surface area contributed by atoms with Crippen molar-refractivity contribution in [3.8, 4) is 0 Å². The van der Waals surface area contributed by atoms with Gasteiger partial charge in [-0.25, -0.2) is 4.98 Å². The van der Waals surface area contributed by atoms with Crippen molar-refractivity contribution in [2.75, 3.05) is 0 Å². The molecule has 0 bridgehead atoms. The van der Waals surface area contributed by atoms with Gasteiger partial charge >= 0.3 is 0 Å². The van der Waals surface area contributed by atoms with Gasteiger partial charge in [-0.15, -0.1) is 0 Å². The highest BCUT2D eigenvalue weighted by Gasteiger charge is 2.54. The lowest BCUT2D eigenvalue weighted by molar-refractivity contribution is -0.0966. The van der Waals surface area contributed by atoms with E-state index in [-0.39, 0.29) is 5.41 Å². The number of hydrogen-bond acceptors (Lipinski definition) is 3. The molecule has 2 saturated carbocycles. The fourth-order valence-electron chi connectivity index (χ4n) is 4.59. The monoisotopic (exact) mass is 291 g/mol. The average molecular weight is 291 g/mol. The lowest BCUT2D eigenvalue weighted by atomic mass is 9.70. The number of aromatic nitrogens is 3. The minimum Gasteiger partial charge on any atom is -0.387 e. The highest BCUT2D eigenvalue weighted by atomic mass is 16.3. The number of hydrogen-bond donors (Lipinski definition) is 1. The van der Waals surface area contributed by atoms with Gasteiger partial charge in [0.1, 0.15) is 12.7 Å². The molecule has 2 atom stereocenters. The molecule has 21 heavy (non-hydrogen) atoms. The van der Waals surface area contributed by atoms with Gasteiger partial charge in [0.05, 0.1) is 12.1 Å². The van der Waals surface area contributed by atoms with Crippen molar-refractivity contribution < 1.29 is 5.11 Å². The van der Waals surface area contributed by atoms with Crippen LogP contribution in [-0.2, 0) is 6.54 Å². The van der Waals surface area contributed by atoms with Crippen LogP contribution in [0.4, 0.5) is 0 Å². The van der Waals surface area contributed by atoms with Crippen molar-refractivity contribution in [1.29, 1.82) is 0 Å². The largest absolute Gasteiger partial charge is 0.387 e. The smallest absolute Gasteiger partial charge is 0.137 e. The van der Waals surface area contributed by atoms with Crippen molar-refractivity contribution in [1.82, 2.24) is 14.8 Å². The molecule has 1 heterocycles. The average Bonchev–Trinajstić information content (AvgIpc) is 3.03. The zero-order valence-corrected chi connectivity index (χ0v) is 13.5. The second kappa shape index (κ2) is 5.71. The van der Waals surface area contributed by atoms with Gasteiger partial charge in [0.2, 0.25) is 0 Å². The summed E-state index contributed by atoms with van der Waals surface area (Å²) < 4.78 is 1.81. The summed E-state index contributed by atoms with van der Waals surface area (Å²) in [5, 5.41) is 15.7. The quantitative estimate of drug-likeness (QED) is 0.925. The van der Waals surface area contributed by atoms with Crippen molar-refractivity contribution >= 4 is 0 Å². The Kier molecular flexibility index (Phi) is 4.08. The number of nitrogens with zero attached hydrogens (tertiary/aromatic N) is 3. The van der Waals surface area contributed by atoms with E-state index in [0.717, 1.165) is 18.8 Å². The molecule has 1 aromatic rings. The molecule has 1 N–H and O–H groups in total. The Hall–Kier alpha value is -0.900. The minimum atomic E-state index is -0.655. The molecule has 2 unspecified atom stereocenters. The van der Waals surface area contributed by atoms with E-state index < -0.39 is 5.60 Å². The molecule has 2 fully saturated rings. The number of aliphatic hydroxyl groups is 1. The third kappa shape index (κ3) is 2.87. The predicted molar refractivity (Wildman–Crippen MR) is 82.7 cm³/mol. The molecule has 0 radical (unpaired) electrons. The second-order valence-corrected chi connectivity index (χ2v) is 7.88. The Bertz CT molecular complexity index is 451. The maximum absolute atomic E-state index is 11.5. The minimum absolute atomic E-state index is 0.0434. The van der Waals surface area contributed by atoms with Crippen LogP contribution in [-0.4, -0.2) is 25.5 Å². The van der Waals surface area contributed by atoms with Crippen molar-refractivity contribution in [2.24, 2.45) is 17.3 Å². The van der Waals surface area contributed by atoms with Crippen LogP contribution in [0.1, 0.15) is 65.2 Å². The molecule has 0 saturated heterocycles. The molecule has 2 aliphatic rings. The second-order valence-electron chi connectivity index (χ2n) is 7.88. The summed E-state index contributed by atoms with van der Waals surface area (Å²) >= 11 is 0. The molecule has 4 nitrogen and oxygen atoms in total. The molecular formula is C17H29N3O. The van der Waals surface area contributed by atoms with E-state index in [4.69, 9.17) is 0 Å². The molecule has 0 amide bonds. The SMILES string of the molecule is CC1(C)CCC(CC2CCCCC2)C1(O)Cn1cncn1. The highest BCUT2D eigenvalue weighted by molar-refractivity contribution is 5.04. The summed E-state index contributed by atoms with van der Waals surface area (Å²) in [5.74, 6) is 1.22. The maximum atomic E-state index is 11.5. The molecular weight excluding hydrogens is 262 g/mol. The highest BCUT2D eigenvalue weighted by Crippen LogP contribution is 2.53. The first-order valence-corrected chi connectivity index (χ1v) is 8.56. The van der Waals surface area contributed by atoms with Crippen molar-refractivity contribution in [3.63, 3.8) is 0 Å². The first kappa shape index (κ1) is 15.0. The summed E-state index contributed by atoms with van der Waals surface area (Å²) in [4.78, 5) is 4.02. The first-order chi connectivity index (χ1) is 10.0. The zero-order chi connectivity index (χ0) is 14.9. The van der Waals surface area contributed by atoms with Crippen LogP contribution in [0.15, 0.2) is 12.7 Å². The van der Waals surface area contributed by atoms with Crippen LogP contribution in [0, 0.1) is 17.3 Å². The summed E-state index contributed by atoms with van der Waals surface area (Å²) in [7, 11) is 0. The van der Waals surface area contributed by atoms with Crippen molar-refractivity contribution in [2.45, 2.75) is 77.4 Å². The van der Waals surface area contributed by atoms with Gasteiger partial charge < -0.3 is 5.11 Å². The molecule has 0 spiro atoms. The van der Waals surface area contributed by atoms with E-state index in [0.29, 0.717) is 12.5 Å². The van der Waals surface area contributed by atoms with Crippen LogP contribution in [0.3, 0.4) is 0 Å². The molecule has 4 heteroatoms. The lowest BCUT2D eigenvalue weighted by Crippen LogP contribution is -2.49. The van der Waals surface area contributed by atoms with Gasteiger partial charge in [0.25, 0.3) is 0 Å². The fourth-order valence-corrected chi connectivity index (χ4v) is 4.59. The van der Waals surface area contributed by atoms with E-state index in [1.54, 1.807) is 17.3 Å². The predicted octanol–water partition coefficient (Wildman–Crippen LogP) is 3.42. The van der Waals surface area contributed by atoms with E-state index in [1.807, 2.05) is 0 Å². The van der Waals surface area contributed by atoms with Gasteiger partial charge in [0.15, 0.2) is 0 Å². The first-order valence-electron chi connectivity index (χ1n) is 8.56. The van der Waals surface area contributed by atoms with E-state index >= 15 is 0 Å². The van der Waals surface area contributed by atoms with Gasteiger partial charge in [-0.05, 0) is 36.5 Å². The van der Waals surface area contributed by atoms with Crippen LogP contribution >= 0.6 is 0 Å². The Morgan fingerprint density at radius 1 is 1.19 bits per heavy atom. The summed E-state index contributed by atoms with van der Waals surface area (Å²) in [5.41, 5.74) is -0.698. The van der Waals surface area contributed by atoms with Crippen LogP contribution in [0.2, 0.25) is 0 Å². The van der Waals surface area contributed by atoms with Gasteiger partial charge in [-0.1, -0.05) is 46.0 Å². The molecule has 0 aliphatic heterocycles. The van der Waals surface area contributed by atoms with Crippen LogP contribution < -0.4 is 0 Å². The summed E-state index contributed by atoms with van der Waals surface area (Å²) in [6, 6.07) is 0. The van der Waals surface area contributed by atoms with Crippen LogP contribution in [0.5, 0.6) is 0 Å². The molecule has 118 valence electrons. The van der Waals surface area contributed by atoms with Crippen molar-refractivity contribution in [3.05, 3.63) is 12.7 Å². The molecule has 0 aromatic carbocycles. The molecule has 1 aromatic heterocycles. The normalized spacial score (nSPS) is 33.4. The van der Waals surface area contributed by atoms with E-state index in [2.05, 4.69) is 23.9 Å². The summed E-state index contributed by atoms with van der Waals surface area (Å²) in [6.07, 6.45) is 13.6. The van der Waals surface area contributed by atoms with Gasteiger partial charge in [0, 0.05) is 0 Å². The Morgan fingerprint density at radius 2 is 1.95 bits per heavy atom. The third-order valence-electron chi connectivity index (χ3n) is 6.18. The van der Waals surface area contributed by atoms with Crippen LogP contribution in [0.25, 0.3) is 0 Å². The number of rotatable bonds is 4. The lowest BCUT2D eigenvalue weighted by Gasteiger charge is -2.42. The van der Waals surface area contributed by atoms with E-state index in [1.165, 1.54) is 38.5 Å². The zero-order valence-electron chi connectivity index (χ0n) is 13.5. The Morgan fingerprint density at radius 3 is 2.62 bits per heavy atom. The summed E-state index contributed by atoms with van der Waals surface area (Å²) in [6.45, 7) is 5.01. The fraction of sp³-hybridized carbons (Fsp3) is 0.882. The van der Waals surface area contributed by atoms with Gasteiger partial charge in [-0.2, -0.15) is 5.10 Å². The topological polar surface area (TPSA) is 50.9 Å². The molecule has 2 aliphatic carbocycles. The third-order valence-corrected chi connectivity index (χ3v) is 6.18. The standard InChI is InChI=1S/C17H29N3O/c1-16(2)9-8-15(10-14-6-4-3-5-7-14)17(16,21)11-20-13-18-12-19-20/h12-15,21H,3-11H2,1-2H3. The van der Waals surface area contributed by atoms with Gasteiger partial charge in [-0.3, -0.25) is 4.68 Å². The maximum Gasteiger partial charge on any atom is 0.137 e. The Labute approximate surface area is 128 Å². The Balaban J connectivity index is 1.75. The van der Waals surface area contributed by atoms with E-state index in [9.17, 15) is 5.11 Å².